The number of methoxy groups -OCH3 is 1. The van der Waals surface area contributed by atoms with Gasteiger partial charge in [0.2, 0.25) is 0 Å². The summed E-state index contributed by atoms with van der Waals surface area (Å²) in [6, 6.07) is 1.90. The van der Waals surface area contributed by atoms with Crippen LogP contribution in [0.2, 0.25) is 0 Å². The van der Waals surface area contributed by atoms with E-state index in [2.05, 4.69) is 5.32 Å². The van der Waals surface area contributed by atoms with Crippen molar-refractivity contribution in [2.75, 3.05) is 20.3 Å². The number of amides is 1. The smallest absolute Gasteiger partial charge is 0.254 e. The second-order valence-electron chi connectivity index (χ2n) is 4.18. The summed E-state index contributed by atoms with van der Waals surface area (Å²) in [5, 5.41) is 2.32. The van der Waals surface area contributed by atoms with Gasteiger partial charge in [0, 0.05) is 19.7 Å². The molecule has 1 N–H and O–H groups in total. The van der Waals surface area contributed by atoms with Gasteiger partial charge in [-0.2, -0.15) is 0 Å². The maximum Gasteiger partial charge on any atom is 0.254 e. The normalized spacial score (nSPS) is 12.3. The molecule has 1 rings (SSSR count). The molecule has 0 aliphatic heterocycles. The van der Waals surface area contributed by atoms with Crippen molar-refractivity contribution >= 4 is 17.5 Å². The fourth-order valence-corrected chi connectivity index (χ4v) is 1.77. The highest BCUT2D eigenvalue weighted by Gasteiger charge is 2.14. The number of hydrogen-bond acceptors (Lipinski definition) is 2. The van der Waals surface area contributed by atoms with Crippen molar-refractivity contribution in [3.8, 4) is 0 Å². The van der Waals surface area contributed by atoms with Crippen LogP contribution in [0, 0.1) is 18.6 Å². The van der Waals surface area contributed by atoms with Gasteiger partial charge in [-0.25, -0.2) is 8.78 Å². The molecule has 1 amide bonds. The molecule has 19 heavy (non-hydrogen) atoms. The van der Waals surface area contributed by atoms with Gasteiger partial charge in [-0.3, -0.25) is 4.79 Å². The lowest BCUT2D eigenvalue weighted by molar-refractivity contribution is 0.0947. The van der Waals surface area contributed by atoms with Crippen molar-refractivity contribution in [3.05, 3.63) is 34.9 Å². The van der Waals surface area contributed by atoms with E-state index in [0.717, 1.165) is 0 Å². The molecule has 1 aromatic rings. The monoisotopic (exact) mass is 291 g/mol. The van der Waals surface area contributed by atoms with E-state index in [4.69, 9.17) is 16.3 Å². The Labute approximate surface area is 115 Å². The topological polar surface area (TPSA) is 38.3 Å². The molecule has 0 spiro atoms. The number of aryl methyl sites for hydroxylation is 1. The number of rotatable bonds is 6. The number of nitrogens with one attached hydrogen (secondary N) is 1. The van der Waals surface area contributed by atoms with Gasteiger partial charge in [0.05, 0.1) is 17.5 Å². The van der Waals surface area contributed by atoms with Crippen molar-refractivity contribution in [2.24, 2.45) is 0 Å². The summed E-state index contributed by atoms with van der Waals surface area (Å²) >= 11 is 5.89. The maximum absolute atomic E-state index is 13.4. The number of ether oxygens (including phenoxy) is 1. The van der Waals surface area contributed by atoms with Crippen molar-refractivity contribution < 1.29 is 18.3 Å². The van der Waals surface area contributed by atoms with Gasteiger partial charge in [0.1, 0.15) is 11.6 Å². The van der Waals surface area contributed by atoms with Gasteiger partial charge in [0.15, 0.2) is 0 Å². The molecule has 0 heterocycles. The summed E-state index contributed by atoms with van der Waals surface area (Å²) in [7, 11) is 1.53. The minimum absolute atomic E-state index is 0.170. The molecule has 0 aliphatic carbocycles. The molecular formula is C13H16ClF2NO2. The molecule has 6 heteroatoms. The number of carbonyl (C=O) groups is 1. The van der Waals surface area contributed by atoms with Crippen LogP contribution in [0.1, 0.15) is 22.3 Å². The van der Waals surface area contributed by atoms with E-state index in [9.17, 15) is 13.6 Å². The molecule has 106 valence electrons. The van der Waals surface area contributed by atoms with Gasteiger partial charge >= 0.3 is 0 Å². The Bertz CT molecular complexity index is 455. The first-order valence-electron chi connectivity index (χ1n) is 5.82. The average Bonchev–Trinajstić information content (AvgIpc) is 2.34. The second kappa shape index (κ2) is 7.40. The fraction of sp³-hybridized carbons (Fsp3) is 0.462. The van der Waals surface area contributed by atoms with Crippen LogP contribution in [0.5, 0.6) is 0 Å². The van der Waals surface area contributed by atoms with Crippen LogP contribution in [-0.4, -0.2) is 31.5 Å². The SMILES string of the molecule is COCC(Cl)CCNC(=O)c1cc(C)c(F)cc1F. The molecule has 0 saturated heterocycles. The van der Waals surface area contributed by atoms with Crippen molar-refractivity contribution in [3.63, 3.8) is 0 Å². The van der Waals surface area contributed by atoms with Gasteiger partial charge in [-0.05, 0) is 25.0 Å². The Morgan fingerprint density at radius 1 is 1.42 bits per heavy atom. The van der Waals surface area contributed by atoms with E-state index in [0.29, 0.717) is 25.6 Å². The molecule has 1 aromatic carbocycles. The minimum atomic E-state index is -0.875. The molecule has 0 saturated carbocycles. The fourth-order valence-electron chi connectivity index (χ4n) is 1.53. The molecule has 0 aromatic heterocycles. The number of hydrogen-bond donors (Lipinski definition) is 1. The van der Waals surface area contributed by atoms with Crippen LogP contribution in [0.3, 0.4) is 0 Å². The Morgan fingerprint density at radius 2 is 2.11 bits per heavy atom. The Hall–Kier alpha value is -1.20. The van der Waals surface area contributed by atoms with E-state index < -0.39 is 17.5 Å². The van der Waals surface area contributed by atoms with Crippen molar-refractivity contribution in [1.29, 1.82) is 0 Å². The van der Waals surface area contributed by atoms with E-state index in [1.165, 1.54) is 20.1 Å². The lowest BCUT2D eigenvalue weighted by atomic mass is 10.1. The van der Waals surface area contributed by atoms with Crippen molar-refractivity contribution in [1.82, 2.24) is 5.32 Å². The summed E-state index contributed by atoms with van der Waals surface area (Å²) in [6.45, 7) is 2.15. The Balaban J connectivity index is 2.57. The summed E-state index contributed by atoms with van der Waals surface area (Å²) in [4.78, 5) is 11.7. The summed E-state index contributed by atoms with van der Waals surface area (Å²) < 4.78 is 31.4. The molecule has 0 radical (unpaired) electrons. The zero-order valence-corrected chi connectivity index (χ0v) is 11.6. The lowest BCUT2D eigenvalue weighted by Crippen LogP contribution is -2.28. The number of alkyl halides is 1. The summed E-state index contributed by atoms with van der Waals surface area (Å²) in [6.07, 6.45) is 0.503. The summed E-state index contributed by atoms with van der Waals surface area (Å²) in [5.41, 5.74) is 0.0536. The second-order valence-corrected chi connectivity index (χ2v) is 4.80. The number of carbonyl (C=O) groups excluding carboxylic acids is 1. The Kier molecular flexibility index (Phi) is 6.18. The third-order valence-electron chi connectivity index (χ3n) is 2.58. The highest BCUT2D eigenvalue weighted by atomic mass is 35.5. The maximum atomic E-state index is 13.4. The minimum Gasteiger partial charge on any atom is -0.383 e. The highest BCUT2D eigenvalue weighted by molar-refractivity contribution is 6.20. The predicted octanol–water partition coefficient (Wildman–Crippen LogP) is 2.65. The van der Waals surface area contributed by atoms with E-state index >= 15 is 0 Å². The molecule has 0 fully saturated rings. The quantitative estimate of drug-likeness (QED) is 0.818. The third-order valence-corrected chi connectivity index (χ3v) is 2.93. The van der Waals surface area contributed by atoms with Crippen LogP contribution < -0.4 is 5.32 Å². The van der Waals surface area contributed by atoms with Crippen LogP contribution in [0.25, 0.3) is 0 Å². The molecule has 3 nitrogen and oxygen atoms in total. The van der Waals surface area contributed by atoms with Gasteiger partial charge in [0.25, 0.3) is 5.91 Å². The summed E-state index contributed by atoms with van der Waals surface area (Å²) in [5.74, 6) is -2.13. The number of halogens is 3. The van der Waals surface area contributed by atoms with Crippen molar-refractivity contribution in [2.45, 2.75) is 18.7 Å². The highest BCUT2D eigenvalue weighted by Crippen LogP contribution is 2.14. The number of benzene rings is 1. The average molecular weight is 292 g/mol. The van der Waals surface area contributed by atoms with Gasteiger partial charge < -0.3 is 10.1 Å². The standard InChI is InChI=1S/C13H16ClF2NO2/c1-8-5-10(12(16)6-11(8)15)13(18)17-4-3-9(14)7-19-2/h5-6,9H,3-4,7H2,1-2H3,(H,17,18). The molecule has 0 aliphatic rings. The first-order chi connectivity index (χ1) is 8.95. The largest absolute Gasteiger partial charge is 0.383 e. The zero-order valence-electron chi connectivity index (χ0n) is 10.8. The first kappa shape index (κ1) is 15.9. The predicted molar refractivity (Wildman–Crippen MR) is 69.6 cm³/mol. The van der Waals surface area contributed by atoms with Gasteiger partial charge in [-0.1, -0.05) is 0 Å². The van der Waals surface area contributed by atoms with Crippen LogP contribution in [0.4, 0.5) is 8.78 Å². The molecule has 1 atom stereocenters. The third kappa shape index (κ3) is 4.76. The van der Waals surface area contributed by atoms with E-state index in [1.54, 1.807) is 0 Å². The first-order valence-corrected chi connectivity index (χ1v) is 6.26. The van der Waals surface area contributed by atoms with Crippen LogP contribution in [0.15, 0.2) is 12.1 Å². The van der Waals surface area contributed by atoms with Crippen LogP contribution in [-0.2, 0) is 4.74 Å². The Morgan fingerprint density at radius 3 is 2.74 bits per heavy atom. The molecule has 0 bridgehead atoms. The van der Waals surface area contributed by atoms with Gasteiger partial charge in [-0.15, -0.1) is 11.6 Å². The molecular weight excluding hydrogens is 276 g/mol. The van der Waals surface area contributed by atoms with Crippen LogP contribution >= 0.6 is 11.6 Å². The van der Waals surface area contributed by atoms with E-state index in [-0.39, 0.29) is 16.5 Å². The van der Waals surface area contributed by atoms with E-state index in [1.807, 2.05) is 0 Å². The lowest BCUT2D eigenvalue weighted by Gasteiger charge is -2.10. The molecule has 1 unspecified atom stereocenters. The zero-order chi connectivity index (χ0) is 14.4.